The number of hydrogen-bond acceptors (Lipinski definition) is 4. The van der Waals surface area contributed by atoms with Crippen LogP contribution in [0.3, 0.4) is 0 Å². The molecule has 82 valence electrons. The van der Waals surface area contributed by atoms with Crippen molar-refractivity contribution in [3.8, 4) is 16.0 Å². The van der Waals surface area contributed by atoms with E-state index in [1.165, 1.54) is 11.3 Å². The van der Waals surface area contributed by atoms with Gasteiger partial charge in [-0.2, -0.15) is 5.26 Å². The molecule has 0 saturated carbocycles. The van der Waals surface area contributed by atoms with Crippen molar-refractivity contribution in [2.75, 3.05) is 0 Å². The third-order valence-electron chi connectivity index (χ3n) is 2.23. The molecule has 2 aromatic rings. The Morgan fingerprint density at radius 2 is 2.38 bits per heavy atom. The number of nitrogens with zero attached hydrogens (tertiary/aromatic N) is 2. The van der Waals surface area contributed by atoms with Gasteiger partial charge in [0.2, 0.25) is 0 Å². The predicted molar refractivity (Wildman–Crippen MR) is 69.1 cm³/mol. The number of thiazole rings is 1. The molecule has 0 aliphatic rings. The molecule has 0 spiro atoms. The Labute approximate surface area is 107 Å². The van der Waals surface area contributed by atoms with Gasteiger partial charge in [0.05, 0.1) is 26.9 Å². The second kappa shape index (κ2) is 4.96. The molecule has 2 nitrogen and oxygen atoms in total. The van der Waals surface area contributed by atoms with Crippen LogP contribution >= 0.6 is 34.3 Å². The zero-order valence-corrected chi connectivity index (χ0v) is 11.0. The average molecular weight is 269 g/mol. The van der Waals surface area contributed by atoms with Gasteiger partial charge in [-0.25, -0.2) is 4.98 Å². The summed E-state index contributed by atoms with van der Waals surface area (Å²) in [6, 6.07) is 6.09. The Kier molecular flexibility index (Phi) is 3.59. The van der Waals surface area contributed by atoms with E-state index in [2.05, 4.69) is 11.1 Å². The van der Waals surface area contributed by atoms with Crippen molar-refractivity contribution in [2.24, 2.45) is 0 Å². The molecule has 0 radical (unpaired) electrons. The van der Waals surface area contributed by atoms with Gasteiger partial charge >= 0.3 is 0 Å². The standard InChI is InChI=1S/C11H9ClN2S2/c1-2-7(5-13)8-6-15-11(14-8)9-3-4-10(12)16-9/h3-4,6-7H,2H2,1H3. The molecule has 1 atom stereocenters. The van der Waals surface area contributed by atoms with Crippen molar-refractivity contribution in [3.63, 3.8) is 0 Å². The number of thiophene rings is 1. The minimum Gasteiger partial charge on any atom is -0.239 e. The van der Waals surface area contributed by atoms with Crippen molar-refractivity contribution in [3.05, 3.63) is 27.5 Å². The lowest BCUT2D eigenvalue weighted by Gasteiger charge is -1.99. The van der Waals surface area contributed by atoms with Gasteiger partial charge in [-0.3, -0.25) is 0 Å². The smallest absolute Gasteiger partial charge is 0.133 e. The summed E-state index contributed by atoms with van der Waals surface area (Å²) >= 11 is 8.95. The summed E-state index contributed by atoms with van der Waals surface area (Å²) < 4.78 is 0.763. The molecular weight excluding hydrogens is 260 g/mol. The molecule has 0 aliphatic heterocycles. The van der Waals surface area contributed by atoms with Crippen LogP contribution in [0.15, 0.2) is 17.5 Å². The fourth-order valence-electron chi connectivity index (χ4n) is 1.36. The molecule has 0 fully saturated rings. The van der Waals surface area contributed by atoms with E-state index in [1.54, 1.807) is 11.3 Å². The van der Waals surface area contributed by atoms with Gasteiger partial charge in [-0.15, -0.1) is 22.7 Å². The maximum Gasteiger partial charge on any atom is 0.133 e. The molecule has 5 heteroatoms. The van der Waals surface area contributed by atoms with Crippen LogP contribution in [0.5, 0.6) is 0 Å². The van der Waals surface area contributed by atoms with E-state index < -0.39 is 0 Å². The lowest BCUT2D eigenvalue weighted by molar-refractivity contribution is 0.795. The van der Waals surface area contributed by atoms with Crippen molar-refractivity contribution in [1.29, 1.82) is 5.26 Å². The molecule has 0 aromatic carbocycles. The fourth-order valence-corrected chi connectivity index (χ4v) is 3.34. The van der Waals surface area contributed by atoms with Crippen LogP contribution < -0.4 is 0 Å². The second-order valence-corrected chi connectivity index (χ2v) is 5.84. The molecule has 2 aromatic heterocycles. The first-order chi connectivity index (χ1) is 7.74. The summed E-state index contributed by atoms with van der Waals surface area (Å²) in [6.45, 7) is 1.99. The molecular formula is C11H9ClN2S2. The third-order valence-corrected chi connectivity index (χ3v) is 4.49. The van der Waals surface area contributed by atoms with E-state index >= 15 is 0 Å². The van der Waals surface area contributed by atoms with Gasteiger partial charge in [0.15, 0.2) is 0 Å². The molecule has 0 bridgehead atoms. The Bertz CT molecular complexity index is 524. The Morgan fingerprint density at radius 3 is 2.94 bits per heavy atom. The first-order valence-electron chi connectivity index (χ1n) is 4.85. The van der Waals surface area contributed by atoms with Gasteiger partial charge < -0.3 is 0 Å². The van der Waals surface area contributed by atoms with Crippen molar-refractivity contribution in [2.45, 2.75) is 19.3 Å². The Morgan fingerprint density at radius 1 is 1.56 bits per heavy atom. The van der Waals surface area contributed by atoms with Crippen LogP contribution in [0, 0.1) is 11.3 Å². The first kappa shape index (κ1) is 11.6. The van der Waals surface area contributed by atoms with E-state index in [9.17, 15) is 0 Å². The summed E-state index contributed by atoms with van der Waals surface area (Å²) in [5.74, 6) is -0.0968. The lowest BCUT2D eigenvalue weighted by Crippen LogP contribution is -1.93. The highest BCUT2D eigenvalue weighted by atomic mass is 35.5. The summed E-state index contributed by atoms with van der Waals surface area (Å²) in [4.78, 5) is 5.55. The van der Waals surface area contributed by atoms with Gasteiger partial charge in [-0.1, -0.05) is 18.5 Å². The molecule has 1 unspecified atom stereocenters. The predicted octanol–water partition coefficient (Wildman–Crippen LogP) is 4.54. The maximum atomic E-state index is 8.96. The highest BCUT2D eigenvalue weighted by Gasteiger charge is 2.13. The highest BCUT2D eigenvalue weighted by Crippen LogP contribution is 2.34. The normalized spacial score (nSPS) is 12.3. The van der Waals surface area contributed by atoms with Crippen molar-refractivity contribution >= 4 is 34.3 Å². The van der Waals surface area contributed by atoms with Crippen LogP contribution in [0.25, 0.3) is 9.88 Å². The van der Waals surface area contributed by atoms with Crippen LogP contribution in [-0.2, 0) is 0 Å². The number of aromatic nitrogens is 1. The number of hydrogen-bond donors (Lipinski definition) is 0. The summed E-state index contributed by atoms with van der Waals surface area (Å²) in [5, 5.41) is 11.9. The molecule has 0 aliphatic carbocycles. The number of halogens is 1. The largest absolute Gasteiger partial charge is 0.239 e. The number of rotatable bonds is 3. The van der Waals surface area contributed by atoms with Crippen molar-refractivity contribution < 1.29 is 0 Å². The van der Waals surface area contributed by atoms with Gasteiger partial charge in [-0.05, 0) is 18.6 Å². The summed E-state index contributed by atoms with van der Waals surface area (Å²) in [7, 11) is 0. The summed E-state index contributed by atoms with van der Waals surface area (Å²) in [6.07, 6.45) is 0.796. The SMILES string of the molecule is CCC(C#N)c1csc(-c2ccc(Cl)s2)n1. The van der Waals surface area contributed by atoms with Gasteiger partial charge in [0.25, 0.3) is 0 Å². The quantitative estimate of drug-likeness (QED) is 0.819. The Hall–Kier alpha value is -0.890. The van der Waals surface area contributed by atoms with E-state index in [4.69, 9.17) is 16.9 Å². The average Bonchev–Trinajstić information content (AvgIpc) is 2.89. The third kappa shape index (κ3) is 2.27. The Balaban J connectivity index is 2.30. The molecule has 2 rings (SSSR count). The molecule has 0 N–H and O–H groups in total. The topological polar surface area (TPSA) is 36.7 Å². The monoisotopic (exact) mass is 268 g/mol. The fraction of sp³-hybridized carbons (Fsp3) is 0.273. The van der Waals surface area contributed by atoms with Gasteiger partial charge in [0, 0.05) is 5.38 Å². The molecule has 16 heavy (non-hydrogen) atoms. The van der Waals surface area contributed by atoms with E-state index in [0.29, 0.717) is 0 Å². The zero-order chi connectivity index (χ0) is 11.5. The minimum atomic E-state index is -0.0968. The molecule has 2 heterocycles. The van der Waals surface area contributed by atoms with E-state index in [0.717, 1.165) is 26.3 Å². The van der Waals surface area contributed by atoms with Crippen LogP contribution in [0.1, 0.15) is 25.0 Å². The number of nitriles is 1. The maximum absolute atomic E-state index is 8.96. The van der Waals surface area contributed by atoms with Gasteiger partial charge in [0.1, 0.15) is 5.01 Å². The van der Waals surface area contributed by atoms with Crippen LogP contribution in [0.4, 0.5) is 0 Å². The second-order valence-electron chi connectivity index (χ2n) is 3.27. The zero-order valence-electron chi connectivity index (χ0n) is 8.61. The summed E-state index contributed by atoms with van der Waals surface area (Å²) in [5.41, 5.74) is 0.870. The van der Waals surface area contributed by atoms with Crippen LogP contribution in [-0.4, -0.2) is 4.98 Å². The first-order valence-corrected chi connectivity index (χ1v) is 6.92. The minimum absolute atomic E-state index is 0.0968. The van der Waals surface area contributed by atoms with Crippen molar-refractivity contribution in [1.82, 2.24) is 4.98 Å². The van der Waals surface area contributed by atoms with E-state index in [-0.39, 0.29) is 5.92 Å². The van der Waals surface area contributed by atoms with E-state index in [1.807, 2.05) is 24.4 Å². The van der Waals surface area contributed by atoms with Crippen LogP contribution in [0.2, 0.25) is 4.34 Å². The lowest BCUT2D eigenvalue weighted by atomic mass is 10.1. The highest BCUT2D eigenvalue weighted by molar-refractivity contribution is 7.23. The molecule has 0 amide bonds. The molecule has 0 saturated heterocycles.